The van der Waals surface area contributed by atoms with Crippen LogP contribution in [0.3, 0.4) is 0 Å². The smallest absolute Gasteiger partial charge is 0.272 e. The second-order valence-corrected chi connectivity index (χ2v) is 4.77. The summed E-state index contributed by atoms with van der Waals surface area (Å²) in [5.74, 6) is 0. The van der Waals surface area contributed by atoms with Gasteiger partial charge in [-0.1, -0.05) is 0 Å². The maximum Gasteiger partial charge on any atom is 0.272 e. The van der Waals surface area contributed by atoms with E-state index in [1.165, 1.54) is 4.52 Å². The van der Waals surface area contributed by atoms with Crippen LogP contribution in [0.15, 0.2) is 23.1 Å². The largest absolute Gasteiger partial charge is 0.314 e. The number of aromatic amines is 1. The molecule has 0 amide bonds. The van der Waals surface area contributed by atoms with Crippen LogP contribution >= 0.6 is 12.4 Å². The zero-order valence-electron chi connectivity index (χ0n) is 10.8. The Morgan fingerprint density at radius 2 is 2.37 bits per heavy atom. The van der Waals surface area contributed by atoms with E-state index in [0.29, 0.717) is 11.7 Å². The molecule has 3 heterocycles. The van der Waals surface area contributed by atoms with Crippen LogP contribution in [0.1, 0.15) is 12.6 Å². The molecule has 1 fully saturated rings. The zero-order chi connectivity index (χ0) is 12.5. The summed E-state index contributed by atoms with van der Waals surface area (Å²) >= 11 is 0. The van der Waals surface area contributed by atoms with Gasteiger partial charge in [0.15, 0.2) is 5.65 Å². The Hall–Kier alpha value is -1.37. The summed E-state index contributed by atoms with van der Waals surface area (Å²) in [4.78, 5) is 18.7. The molecule has 1 atom stereocenters. The van der Waals surface area contributed by atoms with Crippen LogP contribution in [0.5, 0.6) is 0 Å². The molecule has 1 aliphatic rings. The molecular weight excluding hydrogens is 266 g/mol. The van der Waals surface area contributed by atoms with Crippen LogP contribution in [0.2, 0.25) is 0 Å². The molecule has 0 aliphatic carbocycles. The van der Waals surface area contributed by atoms with Crippen molar-refractivity contribution >= 4 is 18.1 Å². The summed E-state index contributed by atoms with van der Waals surface area (Å²) in [5.41, 5.74) is 1.47. The lowest BCUT2D eigenvalue weighted by Crippen LogP contribution is -2.49. The van der Waals surface area contributed by atoms with Crippen molar-refractivity contribution in [3.05, 3.63) is 34.4 Å². The molecule has 0 bridgehead atoms. The Bertz CT molecular complexity index is 607. The standard InChI is InChI=1S/C12H17N5O.ClH/c1-9-7-13-4-5-16(9)8-10-6-12(18)17-11(15-10)2-3-14-17;/h2-3,6,9,13-14H,4-5,7-8H2,1H3;1H/t9-;/m0./s1. The number of halogens is 1. The number of piperazine rings is 1. The molecule has 2 aromatic heterocycles. The van der Waals surface area contributed by atoms with Gasteiger partial charge in [0.05, 0.1) is 5.69 Å². The Morgan fingerprint density at radius 1 is 1.53 bits per heavy atom. The first-order chi connectivity index (χ1) is 8.74. The average Bonchev–Trinajstić information content (AvgIpc) is 2.81. The van der Waals surface area contributed by atoms with E-state index in [4.69, 9.17) is 0 Å². The highest BCUT2D eigenvalue weighted by molar-refractivity contribution is 5.85. The van der Waals surface area contributed by atoms with Gasteiger partial charge in [0.25, 0.3) is 5.56 Å². The normalized spacial score (nSPS) is 20.4. The molecule has 6 nitrogen and oxygen atoms in total. The lowest BCUT2D eigenvalue weighted by atomic mass is 10.2. The van der Waals surface area contributed by atoms with Crippen molar-refractivity contribution in [1.82, 2.24) is 24.8 Å². The van der Waals surface area contributed by atoms with Crippen molar-refractivity contribution in [2.24, 2.45) is 0 Å². The van der Waals surface area contributed by atoms with Gasteiger partial charge in [-0.3, -0.25) is 14.8 Å². The molecule has 2 N–H and O–H groups in total. The van der Waals surface area contributed by atoms with E-state index >= 15 is 0 Å². The van der Waals surface area contributed by atoms with E-state index in [2.05, 4.69) is 27.2 Å². The van der Waals surface area contributed by atoms with Gasteiger partial charge in [-0.15, -0.1) is 12.4 Å². The molecule has 19 heavy (non-hydrogen) atoms. The van der Waals surface area contributed by atoms with E-state index in [-0.39, 0.29) is 18.0 Å². The molecule has 1 saturated heterocycles. The number of nitrogens with zero attached hydrogens (tertiary/aromatic N) is 3. The highest BCUT2D eigenvalue weighted by atomic mass is 35.5. The Kier molecular flexibility index (Phi) is 4.24. The summed E-state index contributed by atoms with van der Waals surface area (Å²) in [6, 6.07) is 3.90. The van der Waals surface area contributed by atoms with Gasteiger partial charge in [-0.05, 0) is 6.92 Å². The van der Waals surface area contributed by atoms with Gasteiger partial charge in [0, 0.05) is 50.6 Å². The number of rotatable bonds is 2. The molecule has 2 aromatic rings. The van der Waals surface area contributed by atoms with Gasteiger partial charge >= 0.3 is 0 Å². The van der Waals surface area contributed by atoms with Crippen LogP contribution in [0, 0.1) is 0 Å². The second kappa shape index (κ2) is 5.73. The van der Waals surface area contributed by atoms with Crippen molar-refractivity contribution in [3.63, 3.8) is 0 Å². The minimum atomic E-state index is -0.0530. The second-order valence-electron chi connectivity index (χ2n) is 4.77. The molecule has 0 saturated carbocycles. The lowest BCUT2D eigenvalue weighted by molar-refractivity contribution is 0.164. The number of aromatic nitrogens is 3. The molecular formula is C12H18ClN5O. The van der Waals surface area contributed by atoms with Gasteiger partial charge in [-0.25, -0.2) is 9.50 Å². The van der Waals surface area contributed by atoms with E-state index < -0.39 is 0 Å². The minimum absolute atomic E-state index is 0. The third kappa shape index (κ3) is 2.80. The molecule has 7 heteroatoms. The molecule has 1 aliphatic heterocycles. The Labute approximate surface area is 117 Å². The monoisotopic (exact) mass is 283 g/mol. The maximum absolute atomic E-state index is 11.8. The fourth-order valence-corrected chi connectivity index (χ4v) is 2.38. The predicted octanol–water partition coefficient (Wildman–Crippen LogP) is 0.238. The van der Waals surface area contributed by atoms with E-state index in [1.54, 1.807) is 12.3 Å². The number of hydrogen-bond donors (Lipinski definition) is 2. The molecule has 3 rings (SSSR count). The molecule has 0 radical (unpaired) electrons. The highest BCUT2D eigenvalue weighted by Gasteiger charge is 2.18. The van der Waals surface area contributed by atoms with Crippen LogP contribution in [-0.2, 0) is 6.54 Å². The third-order valence-electron chi connectivity index (χ3n) is 3.44. The lowest BCUT2D eigenvalue weighted by Gasteiger charge is -2.33. The Morgan fingerprint density at radius 3 is 3.16 bits per heavy atom. The van der Waals surface area contributed by atoms with E-state index in [0.717, 1.165) is 31.9 Å². The zero-order valence-corrected chi connectivity index (χ0v) is 11.6. The molecule has 104 valence electrons. The summed E-state index contributed by atoms with van der Waals surface area (Å²) in [6.45, 7) is 5.91. The highest BCUT2D eigenvalue weighted by Crippen LogP contribution is 2.08. The third-order valence-corrected chi connectivity index (χ3v) is 3.44. The van der Waals surface area contributed by atoms with Crippen LogP contribution < -0.4 is 10.9 Å². The van der Waals surface area contributed by atoms with Crippen LogP contribution in [0.4, 0.5) is 0 Å². The molecule has 0 aromatic carbocycles. The van der Waals surface area contributed by atoms with Crippen molar-refractivity contribution in [2.75, 3.05) is 19.6 Å². The summed E-state index contributed by atoms with van der Waals surface area (Å²) < 4.78 is 1.45. The van der Waals surface area contributed by atoms with Crippen molar-refractivity contribution in [2.45, 2.75) is 19.5 Å². The van der Waals surface area contributed by atoms with Crippen LogP contribution in [-0.4, -0.2) is 45.2 Å². The first-order valence-electron chi connectivity index (χ1n) is 6.25. The fourth-order valence-electron chi connectivity index (χ4n) is 2.38. The van der Waals surface area contributed by atoms with Gasteiger partial charge < -0.3 is 5.32 Å². The molecule has 0 spiro atoms. The van der Waals surface area contributed by atoms with Gasteiger partial charge in [0.2, 0.25) is 0 Å². The van der Waals surface area contributed by atoms with E-state index in [1.807, 2.05) is 6.07 Å². The number of nitrogens with one attached hydrogen (secondary N) is 2. The number of H-pyrrole nitrogens is 1. The Balaban J connectivity index is 0.00000133. The first kappa shape index (κ1) is 14.0. The minimum Gasteiger partial charge on any atom is -0.314 e. The average molecular weight is 284 g/mol. The predicted molar refractivity (Wildman–Crippen MR) is 75.8 cm³/mol. The van der Waals surface area contributed by atoms with Crippen molar-refractivity contribution in [3.8, 4) is 0 Å². The van der Waals surface area contributed by atoms with Gasteiger partial charge in [-0.2, -0.15) is 0 Å². The summed E-state index contributed by atoms with van der Waals surface area (Å²) in [7, 11) is 0. The van der Waals surface area contributed by atoms with E-state index in [9.17, 15) is 4.79 Å². The number of hydrogen-bond acceptors (Lipinski definition) is 4. The fraction of sp³-hybridized carbons (Fsp3) is 0.500. The summed E-state index contributed by atoms with van der Waals surface area (Å²) in [6.07, 6.45) is 1.72. The number of fused-ring (bicyclic) bond motifs is 1. The topological polar surface area (TPSA) is 65.4 Å². The first-order valence-corrected chi connectivity index (χ1v) is 6.25. The van der Waals surface area contributed by atoms with Crippen molar-refractivity contribution < 1.29 is 0 Å². The summed E-state index contributed by atoms with van der Waals surface area (Å²) in [5, 5.41) is 6.20. The maximum atomic E-state index is 11.8. The van der Waals surface area contributed by atoms with Crippen molar-refractivity contribution in [1.29, 1.82) is 0 Å². The van der Waals surface area contributed by atoms with Gasteiger partial charge in [0.1, 0.15) is 0 Å². The quantitative estimate of drug-likeness (QED) is 0.829. The van der Waals surface area contributed by atoms with Crippen LogP contribution in [0.25, 0.3) is 5.65 Å². The molecule has 0 unspecified atom stereocenters. The SMILES string of the molecule is C[C@H]1CNCCN1Cc1cc(=O)n2[nH]ccc2n1.Cl.